The number of aromatic nitrogens is 1. The lowest BCUT2D eigenvalue weighted by molar-refractivity contribution is 0.0921. The molecule has 1 aromatic heterocycles. The summed E-state index contributed by atoms with van der Waals surface area (Å²) in [4.78, 5) is 12.6. The third-order valence-electron chi connectivity index (χ3n) is 3.94. The van der Waals surface area contributed by atoms with Crippen LogP contribution in [0, 0.1) is 13.8 Å². The van der Waals surface area contributed by atoms with Crippen LogP contribution >= 0.6 is 11.6 Å². The van der Waals surface area contributed by atoms with Gasteiger partial charge in [-0.05, 0) is 44.2 Å². The summed E-state index contributed by atoms with van der Waals surface area (Å²) >= 11 is 6.05. The molecule has 0 aliphatic carbocycles. The summed E-state index contributed by atoms with van der Waals surface area (Å²) in [6, 6.07) is 19.0. The molecule has 24 heavy (non-hydrogen) atoms. The molecular weight excluding hydrogens is 322 g/mol. The number of carbonyl (C=O) groups excluding carboxylic acids is 1. The van der Waals surface area contributed by atoms with E-state index in [4.69, 9.17) is 16.3 Å². The number of hydrogen-bond donors (Lipinski definition) is 0. The number of halogens is 1. The molecule has 122 valence electrons. The standard InChI is InChI=1S/C20H18ClNO2/c1-14-12-17(15(2)22(14)16-8-4-3-5-9-16)19(23)13-24-20-11-7-6-10-18(20)21/h3-12H,13H2,1-2H3. The van der Waals surface area contributed by atoms with Gasteiger partial charge >= 0.3 is 0 Å². The number of ether oxygens (including phenoxy) is 1. The van der Waals surface area contributed by atoms with Crippen LogP contribution in [0.5, 0.6) is 5.75 Å². The van der Waals surface area contributed by atoms with Crippen molar-refractivity contribution in [3.63, 3.8) is 0 Å². The van der Waals surface area contributed by atoms with Crippen LogP contribution < -0.4 is 4.74 Å². The maximum atomic E-state index is 12.6. The number of hydrogen-bond acceptors (Lipinski definition) is 2. The largest absolute Gasteiger partial charge is 0.484 e. The summed E-state index contributed by atoms with van der Waals surface area (Å²) in [6.07, 6.45) is 0. The number of carbonyl (C=O) groups is 1. The Balaban J connectivity index is 1.83. The molecule has 2 aromatic carbocycles. The molecule has 0 radical (unpaired) electrons. The molecule has 3 nitrogen and oxygen atoms in total. The van der Waals surface area contributed by atoms with Crippen molar-refractivity contribution in [3.8, 4) is 11.4 Å². The molecule has 0 atom stereocenters. The quantitative estimate of drug-likeness (QED) is 0.612. The number of para-hydroxylation sites is 2. The van der Waals surface area contributed by atoms with Crippen molar-refractivity contribution < 1.29 is 9.53 Å². The van der Waals surface area contributed by atoms with Gasteiger partial charge in [-0.25, -0.2) is 0 Å². The SMILES string of the molecule is Cc1cc(C(=O)COc2ccccc2Cl)c(C)n1-c1ccccc1. The lowest BCUT2D eigenvalue weighted by Crippen LogP contribution is -2.13. The lowest BCUT2D eigenvalue weighted by Gasteiger charge is -2.10. The van der Waals surface area contributed by atoms with Gasteiger partial charge in [-0.1, -0.05) is 41.9 Å². The molecule has 0 N–H and O–H groups in total. The zero-order chi connectivity index (χ0) is 17.1. The Morgan fingerprint density at radius 1 is 1.04 bits per heavy atom. The second kappa shape index (κ2) is 6.93. The van der Waals surface area contributed by atoms with Crippen LogP contribution in [0.4, 0.5) is 0 Å². The fourth-order valence-corrected chi connectivity index (χ4v) is 2.99. The molecule has 0 aliphatic rings. The predicted octanol–water partition coefficient (Wildman–Crippen LogP) is 5.01. The van der Waals surface area contributed by atoms with E-state index in [2.05, 4.69) is 4.57 Å². The Labute approximate surface area is 146 Å². The van der Waals surface area contributed by atoms with Gasteiger partial charge < -0.3 is 9.30 Å². The first-order valence-corrected chi connectivity index (χ1v) is 8.10. The zero-order valence-corrected chi connectivity index (χ0v) is 14.4. The number of Topliss-reactive ketones (excluding diaryl/α,β-unsaturated/α-hetero) is 1. The van der Waals surface area contributed by atoms with Crippen LogP contribution in [-0.4, -0.2) is 17.0 Å². The number of ketones is 1. The highest BCUT2D eigenvalue weighted by molar-refractivity contribution is 6.32. The number of aryl methyl sites for hydroxylation is 1. The molecule has 3 aromatic rings. The van der Waals surface area contributed by atoms with Crippen molar-refractivity contribution in [3.05, 3.63) is 82.6 Å². The highest BCUT2D eigenvalue weighted by Crippen LogP contribution is 2.24. The normalized spacial score (nSPS) is 10.6. The van der Waals surface area contributed by atoms with Gasteiger partial charge in [0.2, 0.25) is 5.78 Å². The lowest BCUT2D eigenvalue weighted by atomic mass is 10.1. The van der Waals surface area contributed by atoms with Crippen LogP contribution in [0.3, 0.4) is 0 Å². The van der Waals surface area contributed by atoms with Crippen molar-refractivity contribution in [1.29, 1.82) is 0 Å². The number of nitrogens with zero attached hydrogens (tertiary/aromatic N) is 1. The average molecular weight is 340 g/mol. The van der Waals surface area contributed by atoms with E-state index in [-0.39, 0.29) is 12.4 Å². The molecular formula is C20H18ClNO2. The van der Waals surface area contributed by atoms with Gasteiger partial charge in [0.25, 0.3) is 0 Å². The van der Waals surface area contributed by atoms with Gasteiger partial charge in [0.05, 0.1) is 5.02 Å². The summed E-state index contributed by atoms with van der Waals surface area (Å²) < 4.78 is 7.64. The minimum Gasteiger partial charge on any atom is -0.484 e. The highest BCUT2D eigenvalue weighted by Gasteiger charge is 2.17. The van der Waals surface area contributed by atoms with E-state index in [1.165, 1.54) is 0 Å². The molecule has 0 saturated carbocycles. The van der Waals surface area contributed by atoms with Crippen molar-refractivity contribution >= 4 is 17.4 Å². The molecule has 0 unspecified atom stereocenters. The van der Waals surface area contributed by atoms with Crippen LogP contribution in [0.15, 0.2) is 60.7 Å². The summed E-state index contributed by atoms with van der Waals surface area (Å²) in [5.74, 6) is 0.453. The topological polar surface area (TPSA) is 31.2 Å². The van der Waals surface area contributed by atoms with Gasteiger partial charge in [-0.2, -0.15) is 0 Å². The fourth-order valence-electron chi connectivity index (χ4n) is 2.80. The Hall–Kier alpha value is -2.52. The first-order valence-electron chi connectivity index (χ1n) is 7.73. The van der Waals surface area contributed by atoms with Crippen molar-refractivity contribution in [2.24, 2.45) is 0 Å². The third-order valence-corrected chi connectivity index (χ3v) is 4.25. The molecule has 1 heterocycles. The molecule has 0 aliphatic heterocycles. The maximum Gasteiger partial charge on any atom is 0.202 e. The smallest absolute Gasteiger partial charge is 0.202 e. The second-order valence-electron chi connectivity index (χ2n) is 5.60. The van der Waals surface area contributed by atoms with Crippen molar-refractivity contribution in [2.45, 2.75) is 13.8 Å². The minimum absolute atomic E-state index is 0.0389. The first-order chi connectivity index (χ1) is 11.6. The Morgan fingerprint density at radius 2 is 1.71 bits per heavy atom. The Morgan fingerprint density at radius 3 is 2.42 bits per heavy atom. The molecule has 4 heteroatoms. The number of rotatable bonds is 5. The summed E-state index contributed by atoms with van der Waals surface area (Å²) in [5.41, 5.74) is 3.63. The van der Waals surface area contributed by atoms with E-state index in [0.29, 0.717) is 16.3 Å². The Kier molecular flexibility index (Phi) is 4.72. The fraction of sp³-hybridized carbons (Fsp3) is 0.150. The first kappa shape index (κ1) is 16.3. The van der Waals surface area contributed by atoms with Gasteiger partial charge in [-0.15, -0.1) is 0 Å². The van der Waals surface area contributed by atoms with E-state index in [1.807, 2.05) is 62.4 Å². The molecule has 0 amide bonds. The summed E-state index contributed by atoms with van der Waals surface area (Å²) in [6.45, 7) is 3.90. The van der Waals surface area contributed by atoms with Crippen LogP contribution in [0.2, 0.25) is 5.02 Å². The third kappa shape index (κ3) is 3.22. The number of benzene rings is 2. The molecule has 0 saturated heterocycles. The van der Waals surface area contributed by atoms with Crippen LogP contribution in [0.25, 0.3) is 5.69 Å². The van der Waals surface area contributed by atoms with E-state index in [0.717, 1.165) is 17.1 Å². The molecule has 0 bridgehead atoms. The van der Waals surface area contributed by atoms with E-state index < -0.39 is 0 Å². The van der Waals surface area contributed by atoms with Gasteiger partial charge in [0, 0.05) is 22.6 Å². The van der Waals surface area contributed by atoms with Crippen molar-refractivity contribution in [2.75, 3.05) is 6.61 Å². The van der Waals surface area contributed by atoms with Crippen LogP contribution in [-0.2, 0) is 0 Å². The van der Waals surface area contributed by atoms with Gasteiger partial charge in [0.15, 0.2) is 6.61 Å². The van der Waals surface area contributed by atoms with Crippen molar-refractivity contribution in [1.82, 2.24) is 4.57 Å². The van der Waals surface area contributed by atoms with Crippen LogP contribution in [0.1, 0.15) is 21.7 Å². The van der Waals surface area contributed by atoms with E-state index >= 15 is 0 Å². The van der Waals surface area contributed by atoms with Gasteiger partial charge in [-0.3, -0.25) is 4.79 Å². The molecule has 3 rings (SSSR count). The summed E-state index contributed by atoms with van der Waals surface area (Å²) in [7, 11) is 0. The Bertz CT molecular complexity index is 869. The molecule has 0 fully saturated rings. The minimum atomic E-state index is -0.0646. The molecule has 0 spiro atoms. The average Bonchev–Trinajstić information content (AvgIpc) is 2.89. The van der Waals surface area contributed by atoms with E-state index in [1.54, 1.807) is 12.1 Å². The predicted molar refractivity (Wildman–Crippen MR) is 96.5 cm³/mol. The zero-order valence-electron chi connectivity index (χ0n) is 13.6. The second-order valence-corrected chi connectivity index (χ2v) is 6.01. The maximum absolute atomic E-state index is 12.6. The highest BCUT2D eigenvalue weighted by atomic mass is 35.5. The van der Waals surface area contributed by atoms with Gasteiger partial charge in [0.1, 0.15) is 5.75 Å². The van der Waals surface area contributed by atoms with E-state index in [9.17, 15) is 4.79 Å². The monoisotopic (exact) mass is 339 g/mol. The summed E-state index contributed by atoms with van der Waals surface area (Å²) in [5, 5.41) is 0.500.